The Balaban J connectivity index is 2.12. The van der Waals surface area contributed by atoms with Crippen molar-refractivity contribution in [2.45, 2.75) is 25.4 Å². The van der Waals surface area contributed by atoms with Gasteiger partial charge in [-0.05, 0) is 19.3 Å². The number of halogens is 1. The lowest BCUT2D eigenvalue weighted by Gasteiger charge is -2.18. The van der Waals surface area contributed by atoms with Crippen LogP contribution < -0.4 is 0 Å². The highest BCUT2D eigenvalue weighted by Gasteiger charge is 2.09. The molecule has 1 heterocycles. The van der Waals surface area contributed by atoms with Gasteiger partial charge in [-0.15, -0.1) is 0 Å². The smallest absolute Gasteiger partial charge is 0.113 e. The van der Waals surface area contributed by atoms with Gasteiger partial charge < -0.3 is 9.47 Å². The number of allylic oxidation sites excluding steroid dienone is 1. The van der Waals surface area contributed by atoms with E-state index in [4.69, 9.17) is 9.47 Å². The van der Waals surface area contributed by atoms with E-state index in [0.717, 1.165) is 25.9 Å². The molecule has 1 aliphatic heterocycles. The van der Waals surface area contributed by atoms with Crippen LogP contribution in [0.1, 0.15) is 19.3 Å². The minimum Gasteiger partial charge on any atom is -0.376 e. The molecule has 2 nitrogen and oxygen atoms in total. The van der Waals surface area contributed by atoms with Crippen LogP contribution in [0.15, 0.2) is 12.2 Å². The molecular formula is C10H17FO2. The van der Waals surface area contributed by atoms with E-state index in [1.54, 1.807) is 0 Å². The molecule has 0 saturated carbocycles. The highest BCUT2D eigenvalue weighted by atomic mass is 18.2. The molecular weight excluding hydrogens is 170 g/mol. The molecule has 13 heavy (non-hydrogen) atoms. The topological polar surface area (TPSA) is 18.5 Å². The van der Waals surface area contributed by atoms with Gasteiger partial charge in [0.25, 0.3) is 0 Å². The van der Waals surface area contributed by atoms with Gasteiger partial charge in [-0.25, -0.2) is 4.39 Å². The summed E-state index contributed by atoms with van der Waals surface area (Å²) >= 11 is 0. The molecule has 0 aliphatic carbocycles. The minimum absolute atomic E-state index is 0.150. The summed E-state index contributed by atoms with van der Waals surface area (Å²) in [6.45, 7) is 1.06. The molecule has 0 aromatic rings. The van der Waals surface area contributed by atoms with Gasteiger partial charge in [0.15, 0.2) is 0 Å². The van der Waals surface area contributed by atoms with Gasteiger partial charge >= 0.3 is 0 Å². The van der Waals surface area contributed by atoms with E-state index < -0.39 is 6.67 Å². The molecule has 0 bridgehead atoms. The Labute approximate surface area is 78.7 Å². The van der Waals surface area contributed by atoms with Crippen LogP contribution in [0.4, 0.5) is 4.39 Å². The van der Waals surface area contributed by atoms with Crippen LogP contribution in [0.2, 0.25) is 0 Å². The second kappa shape index (κ2) is 7.04. The van der Waals surface area contributed by atoms with Crippen molar-refractivity contribution in [2.75, 3.05) is 26.5 Å². The van der Waals surface area contributed by atoms with Gasteiger partial charge in [-0.3, -0.25) is 0 Å². The fraction of sp³-hybridized carbons (Fsp3) is 0.800. The van der Waals surface area contributed by atoms with Crippen molar-refractivity contribution in [3.05, 3.63) is 12.2 Å². The van der Waals surface area contributed by atoms with Crippen LogP contribution in [0.3, 0.4) is 0 Å². The number of hydrogen-bond donors (Lipinski definition) is 0. The van der Waals surface area contributed by atoms with Gasteiger partial charge in [-0.1, -0.05) is 12.2 Å². The maximum Gasteiger partial charge on any atom is 0.113 e. The molecule has 0 saturated heterocycles. The molecule has 0 N–H and O–H groups in total. The van der Waals surface area contributed by atoms with Crippen LogP contribution in [-0.2, 0) is 9.47 Å². The Morgan fingerprint density at radius 2 is 2.23 bits per heavy atom. The third kappa shape index (κ3) is 5.01. The standard InChI is InChI=1S/C10H17FO2/c11-6-8-12-9-10-5-3-1-2-4-7-13-10/h1-2,10H,3-9H2/b2-1+/t10-/m0/s1/i11-1. The highest BCUT2D eigenvalue weighted by molar-refractivity contribution is 4.84. The molecule has 0 fully saturated rings. The zero-order valence-corrected chi connectivity index (χ0v) is 7.88. The molecule has 0 amide bonds. The van der Waals surface area contributed by atoms with E-state index in [0.29, 0.717) is 6.61 Å². The summed E-state index contributed by atoms with van der Waals surface area (Å²) in [5, 5.41) is 0. The Morgan fingerprint density at radius 3 is 3.08 bits per heavy atom. The normalized spacial score (nSPS) is 26.4. The first-order valence-corrected chi connectivity index (χ1v) is 4.84. The van der Waals surface area contributed by atoms with E-state index >= 15 is 0 Å². The number of hydrogen-bond acceptors (Lipinski definition) is 2. The third-order valence-electron chi connectivity index (χ3n) is 1.99. The summed E-state index contributed by atoms with van der Waals surface area (Å²) < 4.78 is 22.3. The Bertz CT molecular complexity index is 148. The molecule has 1 aliphatic rings. The SMILES string of the molecule is [18F]CCOC[C@@H]1CC/C=C/CCO1. The molecule has 0 radical (unpaired) electrons. The van der Waals surface area contributed by atoms with E-state index in [-0.39, 0.29) is 12.7 Å². The summed E-state index contributed by atoms with van der Waals surface area (Å²) in [6, 6.07) is 0. The first kappa shape index (κ1) is 10.7. The summed E-state index contributed by atoms with van der Waals surface area (Å²) in [7, 11) is 0. The van der Waals surface area contributed by atoms with E-state index in [2.05, 4.69) is 12.2 Å². The van der Waals surface area contributed by atoms with Crippen molar-refractivity contribution in [3.8, 4) is 0 Å². The third-order valence-corrected chi connectivity index (χ3v) is 1.99. The average molecular weight is 187 g/mol. The molecule has 76 valence electrons. The fourth-order valence-electron chi connectivity index (χ4n) is 1.30. The Morgan fingerprint density at radius 1 is 1.38 bits per heavy atom. The maximum atomic E-state index is 11.7. The lowest BCUT2D eigenvalue weighted by atomic mass is 10.1. The Kier molecular flexibility index (Phi) is 5.78. The number of ether oxygens (including phenoxy) is 2. The first-order valence-electron chi connectivity index (χ1n) is 4.84. The summed E-state index contributed by atoms with van der Waals surface area (Å²) in [5.74, 6) is 0. The molecule has 1 rings (SSSR count). The average Bonchev–Trinajstić information content (AvgIpc) is 2.08. The quantitative estimate of drug-likeness (QED) is 0.495. The molecule has 0 aromatic carbocycles. The monoisotopic (exact) mass is 187 g/mol. The van der Waals surface area contributed by atoms with Crippen molar-refractivity contribution < 1.29 is 13.9 Å². The van der Waals surface area contributed by atoms with Crippen LogP contribution in [-0.4, -0.2) is 32.6 Å². The van der Waals surface area contributed by atoms with Gasteiger partial charge in [0.1, 0.15) is 6.67 Å². The first-order chi connectivity index (χ1) is 6.43. The van der Waals surface area contributed by atoms with Crippen molar-refractivity contribution in [2.24, 2.45) is 0 Å². The van der Waals surface area contributed by atoms with Crippen molar-refractivity contribution in [1.82, 2.24) is 0 Å². The van der Waals surface area contributed by atoms with Gasteiger partial charge in [-0.2, -0.15) is 0 Å². The van der Waals surface area contributed by atoms with Gasteiger partial charge in [0, 0.05) is 0 Å². The lowest BCUT2D eigenvalue weighted by molar-refractivity contribution is -0.0218. The van der Waals surface area contributed by atoms with Crippen LogP contribution >= 0.6 is 0 Å². The highest BCUT2D eigenvalue weighted by Crippen LogP contribution is 2.08. The van der Waals surface area contributed by atoms with Gasteiger partial charge in [0.05, 0.1) is 25.9 Å². The van der Waals surface area contributed by atoms with Crippen LogP contribution in [0, 0.1) is 0 Å². The second-order valence-electron chi connectivity index (χ2n) is 3.09. The minimum atomic E-state index is -0.410. The van der Waals surface area contributed by atoms with E-state index in [1.165, 1.54) is 0 Å². The Hall–Kier alpha value is -0.410. The van der Waals surface area contributed by atoms with Crippen LogP contribution in [0.5, 0.6) is 0 Å². The molecule has 1 atom stereocenters. The zero-order chi connectivity index (χ0) is 9.36. The van der Waals surface area contributed by atoms with E-state index in [9.17, 15) is 4.39 Å². The summed E-state index contributed by atoms with van der Waals surface area (Å²) in [4.78, 5) is 0. The molecule has 3 heteroatoms. The molecule has 0 unspecified atom stereocenters. The van der Waals surface area contributed by atoms with Crippen molar-refractivity contribution in [3.63, 3.8) is 0 Å². The lowest BCUT2D eigenvalue weighted by Crippen LogP contribution is -2.21. The number of rotatable bonds is 4. The largest absolute Gasteiger partial charge is 0.376 e. The predicted octanol–water partition coefficient (Wildman–Crippen LogP) is 2.10. The van der Waals surface area contributed by atoms with Gasteiger partial charge in [0.2, 0.25) is 0 Å². The van der Waals surface area contributed by atoms with E-state index in [1.807, 2.05) is 0 Å². The zero-order valence-electron chi connectivity index (χ0n) is 7.88. The van der Waals surface area contributed by atoms with Crippen molar-refractivity contribution in [1.29, 1.82) is 0 Å². The molecule has 0 aromatic heterocycles. The second-order valence-corrected chi connectivity index (χ2v) is 3.09. The summed E-state index contributed by atoms with van der Waals surface area (Å²) in [6.07, 6.45) is 7.44. The fourth-order valence-corrected chi connectivity index (χ4v) is 1.30. The maximum absolute atomic E-state index is 11.7. The summed E-state index contributed by atoms with van der Waals surface area (Å²) in [5.41, 5.74) is 0. The predicted molar refractivity (Wildman–Crippen MR) is 49.5 cm³/mol. The number of alkyl halides is 1. The van der Waals surface area contributed by atoms with Crippen LogP contribution in [0.25, 0.3) is 0 Å². The molecule has 0 spiro atoms. The van der Waals surface area contributed by atoms with Crippen molar-refractivity contribution >= 4 is 0 Å².